The molecule has 1 aliphatic heterocycles. The third-order valence-electron chi connectivity index (χ3n) is 5.63. The van der Waals surface area contributed by atoms with Gasteiger partial charge >= 0.3 is 0 Å². The normalized spacial score (nSPS) is 21.0. The Morgan fingerprint density at radius 1 is 1.22 bits per heavy atom. The summed E-state index contributed by atoms with van der Waals surface area (Å²) in [5.41, 5.74) is 1.70. The van der Waals surface area contributed by atoms with Gasteiger partial charge in [0, 0.05) is 23.6 Å². The fourth-order valence-electron chi connectivity index (χ4n) is 3.91. The molecule has 5 nitrogen and oxygen atoms in total. The van der Waals surface area contributed by atoms with E-state index in [1.807, 2.05) is 30.3 Å². The number of benzene rings is 1. The van der Waals surface area contributed by atoms with Crippen LogP contribution in [0.15, 0.2) is 53.1 Å². The van der Waals surface area contributed by atoms with E-state index in [4.69, 9.17) is 0 Å². The Morgan fingerprint density at radius 3 is 2.63 bits per heavy atom. The molecule has 1 aromatic carbocycles. The fraction of sp³-hybridized carbons (Fsp3) is 0.381. The van der Waals surface area contributed by atoms with Crippen LogP contribution < -0.4 is 5.32 Å². The van der Waals surface area contributed by atoms with Crippen molar-refractivity contribution in [3.8, 4) is 0 Å². The first-order chi connectivity index (χ1) is 13.1. The molecule has 2 aromatic rings. The van der Waals surface area contributed by atoms with Crippen molar-refractivity contribution in [3.63, 3.8) is 0 Å². The second kappa shape index (κ2) is 7.43. The lowest BCUT2D eigenvalue weighted by Gasteiger charge is -2.43. The van der Waals surface area contributed by atoms with Crippen LogP contribution in [0.25, 0.3) is 0 Å². The SMILES string of the molecule is O=C(NC1(c2ccc(Br)cc2)CCC1)[C@H]1CC(=O)N(Cc2ccccn2)C1. The summed E-state index contributed by atoms with van der Waals surface area (Å²) < 4.78 is 1.03. The first kappa shape index (κ1) is 18.2. The number of hydrogen-bond donors (Lipinski definition) is 1. The van der Waals surface area contributed by atoms with E-state index in [2.05, 4.69) is 38.4 Å². The molecule has 1 aliphatic carbocycles. The Labute approximate surface area is 167 Å². The number of carbonyl (C=O) groups is 2. The number of aromatic nitrogens is 1. The quantitative estimate of drug-likeness (QED) is 0.795. The summed E-state index contributed by atoms with van der Waals surface area (Å²) in [6, 6.07) is 13.8. The smallest absolute Gasteiger partial charge is 0.226 e. The lowest BCUT2D eigenvalue weighted by molar-refractivity contribution is -0.130. The molecule has 2 aliphatic rings. The van der Waals surface area contributed by atoms with Crippen LogP contribution in [0, 0.1) is 5.92 Å². The van der Waals surface area contributed by atoms with Crippen LogP contribution in [0.2, 0.25) is 0 Å². The third kappa shape index (κ3) is 3.76. The van der Waals surface area contributed by atoms with Crippen molar-refractivity contribution < 1.29 is 9.59 Å². The molecule has 0 spiro atoms. The van der Waals surface area contributed by atoms with Crippen molar-refractivity contribution in [1.82, 2.24) is 15.2 Å². The number of nitrogens with zero attached hydrogens (tertiary/aromatic N) is 2. The van der Waals surface area contributed by atoms with Crippen LogP contribution in [0.3, 0.4) is 0 Å². The molecule has 1 N–H and O–H groups in total. The van der Waals surface area contributed by atoms with Gasteiger partial charge in [0.1, 0.15) is 0 Å². The molecular formula is C21H22BrN3O2. The Kier molecular flexibility index (Phi) is 5.00. The number of hydrogen-bond acceptors (Lipinski definition) is 3. The van der Waals surface area contributed by atoms with E-state index in [0.717, 1.165) is 35.0 Å². The monoisotopic (exact) mass is 427 g/mol. The van der Waals surface area contributed by atoms with Crippen molar-refractivity contribution in [3.05, 3.63) is 64.4 Å². The molecular weight excluding hydrogens is 406 g/mol. The highest BCUT2D eigenvalue weighted by Gasteiger charge is 2.43. The van der Waals surface area contributed by atoms with E-state index in [9.17, 15) is 9.59 Å². The molecule has 2 heterocycles. The largest absolute Gasteiger partial charge is 0.346 e. The number of likely N-dealkylation sites (tertiary alicyclic amines) is 1. The summed E-state index contributed by atoms with van der Waals surface area (Å²) in [4.78, 5) is 31.3. The van der Waals surface area contributed by atoms with Gasteiger partial charge in [0.2, 0.25) is 11.8 Å². The topological polar surface area (TPSA) is 62.3 Å². The zero-order valence-corrected chi connectivity index (χ0v) is 16.6. The van der Waals surface area contributed by atoms with Crippen LogP contribution in [0.1, 0.15) is 36.9 Å². The Bertz CT molecular complexity index is 834. The second-order valence-electron chi connectivity index (χ2n) is 7.43. The van der Waals surface area contributed by atoms with Crippen LogP contribution in [-0.2, 0) is 21.7 Å². The van der Waals surface area contributed by atoms with E-state index in [1.54, 1.807) is 11.1 Å². The first-order valence-corrected chi connectivity index (χ1v) is 10.1. The molecule has 0 unspecified atom stereocenters. The van der Waals surface area contributed by atoms with Gasteiger partial charge in [0.05, 0.1) is 23.7 Å². The van der Waals surface area contributed by atoms with Crippen molar-refractivity contribution in [2.45, 2.75) is 37.8 Å². The van der Waals surface area contributed by atoms with Gasteiger partial charge in [-0.1, -0.05) is 34.1 Å². The minimum Gasteiger partial charge on any atom is -0.346 e. The Hall–Kier alpha value is -2.21. The highest BCUT2D eigenvalue weighted by atomic mass is 79.9. The molecule has 27 heavy (non-hydrogen) atoms. The summed E-state index contributed by atoms with van der Waals surface area (Å²) in [6.45, 7) is 0.916. The highest BCUT2D eigenvalue weighted by molar-refractivity contribution is 9.10. The van der Waals surface area contributed by atoms with Crippen molar-refractivity contribution >= 4 is 27.7 Å². The van der Waals surface area contributed by atoms with Crippen LogP contribution in [-0.4, -0.2) is 28.2 Å². The molecule has 1 saturated heterocycles. The predicted molar refractivity (Wildman–Crippen MR) is 106 cm³/mol. The lowest BCUT2D eigenvalue weighted by atomic mass is 9.71. The number of amides is 2. The van der Waals surface area contributed by atoms with Gasteiger partial charge in [-0.2, -0.15) is 0 Å². The van der Waals surface area contributed by atoms with Gasteiger partial charge in [0.25, 0.3) is 0 Å². The van der Waals surface area contributed by atoms with Gasteiger partial charge in [-0.05, 0) is 49.1 Å². The first-order valence-electron chi connectivity index (χ1n) is 9.31. The van der Waals surface area contributed by atoms with Crippen molar-refractivity contribution in [2.75, 3.05) is 6.54 Å². The molecule has 1 saturated carbocycles. The van der Waals surface area contributed by atoms with E-state index in [-0.39, 0.29) is 29.7 Å². The van der Waals surface area contributed by atoms with E-state index in [0.29, 0.717) is 13.1 Å². The molecule has 140 valence electrons. The van der Waals surface area contributed by atoms with Crippen molar-refractivity contribution in [2.24, 2.45) is 5.92 Å². The van der Waals surface area contributed by atoms with Crippen molar-refractivity contribution in [1.29, 1.82) is 0 Å². The average molecular weight is 428 g/mol. The molecule has 1 aromatic heterocycles. The van der Waals surface area contributed by atoms with Gasteiger partial charge < -0.3 is 10.2 Å². The highest BCUT2D eigenvalue weighted by Crippen LogP contribution is 2.42. The maximum absolute atomic E-state index is 12.9. The summed E-state index contributed by atoms with van der Waals surface area (Å²) >= 11 is 3.46. The molecule has 4 rings (SSSR count). The standard InChI is InChI=1S/C21H22BrN3O2/c22-17-7-5-16(6-8-17)21(9-3-10-21)24-20(27)15-12-19(26)25(13-15)14-18-4-1-2-11-23-18/h1-2,4-8,11,15H,3,9-10,12-14H2,(H,24,27)/t15-/m0/s1. The van der Waals surface area contributed by atoms with Gasteiger partial charge in [-0.3, -0.25) is 14.6 Å². The third-order valence-corrected chi connectivity index (χ3v) is 6.16. The van der Waals surface area contributed by atoms with Gasteiger partial charge in [-0.25, -0.2) is 0 Å². The predicted octanol–water partition coefficient (Wildman–Crippen LogP) is 3.39. The second-order valence-corrected chi connectivity index (χ2v) is 8.34. The number of carbonyl (C=O) groups excluding carboxylic acids is 2. The Balaban J connectivity index is 1.42. The molecule has 2 amide bonds. The summed E-state index contributed by atoms with van der Waals surface area (Å²) in [5.74, 6) is -0.296. The number of pyridine rings is 1. The van der Waals surface area contributed by atoms with Crippen LogP contribution in [0.5, 0.6) is 0 Å². The fourth-order valence-corrected chi connectivity index (χ4v) is 4.18. The maximum Gasteiger partial charge on any atom is 0.226 e. The van der Waals surface area contributed by atoms with Crippen LogP contribution >= 0.6 is 15.9 Å². The minimum absolute atomic E-state index is 0.0190. The molecule has 2 fully saturated rings. The molecule has 0 radical (unpaired) electrons. The van der Waals surface area contributed by atoms with Gasteiger partial charge in [-0.15, -0.1) is 0 Å². The Morgan fingerprint density at radius 2 is 2.00 bits per heavy atom. The minimum atomic E-state index is -0.297. The maximum atomic E-state index is 12.9. The zero-order chi connectivity index (χ0) is 18.9. The number of rotatable bonds is 5. The molecule has 1 atom stereocenters. The average Bonchev–Trinajstić information content (AvgIpc) is 3.00. The van der Waals surface area contributed by atoms with Gasteiger partial charge in [0.15, 0.2) is 0 Å². The summed E-state index contributed by atoms with van der Waals surface area (Å²) in [5, 5.41) is 3.26. The molecule has 6 heteroatoms. The van der Waals surface area contributed by atoms with E-state index >= 15 is 0 Å². The van der Waals surface area contributed by atoms with E-state index < -0.39 is 0 Å². The molecule has 0 bridgehead atoms. The number of nitrogens with one attached hydrogen (secondary N) is 1. The summed E-state index contributed by atoms with van der Waals surface area (Å²) in [7, 11) is 0. The lowest BCUT2D eigenvalue weighted by Crippen LogP contribution is -2.52. The van der Waals surface area contributed by atoms with Crippen LogP contribution in [0.4, 0.5) is 0 Å². The summed E-state index contributed by atoms with van der Waals surface area (Å²) in [6.07, 6.45) is 4.98. The number of halogens is 1. The van der Waals surface area contributed by atoms with E-state index in [1.165, 1.54) is 0 Å². The zero-order valence-electron chi connectivity index (χ0n) is 15.0.